The topological polar surface area (TPSA) is 41.5 Å². The van der Waals surface area contributed by atoms with Crippen LogP contribution in [0.4, 0.5) is 0 Å². The molecular weight excluding hydrogens is 350 g/mol. The molecule has 0 saturated carbocycles. The molecule has 0 heterocycles. The lowest BCUT2D eigenvalue weighted by molar-refractivity contribution is 0.238. The van der Waals surface area contributed by atoms with Crippen LogP contribution in [0.1, 0.15) is 18.9 Å². The third-order valence-corrected chi connectivity index (χ3v) is 3.75. The summed E-state index contributed by atoms with van der Waals surface area (Å²) in [4.78, 5) is 0. The summed E-state index contributed by atoms with van der Waals surface area (Å²) in [5, 5.41) is 12.4. The molecule has 0 aliphatic carbocycles. The van der Waals surface area contributed by atoms with Crippen molar-refractivity contribution in [2.24, 2.45) is 0 Å². The lowest BCUT2D eigenvalue weighted by Crippen LogP contribution is -2.31. The molecular formula is C12H17Br2NO2. The summed E-state index contributed by atoms with van der Waals surface area (Å²) in [7, 11) is 1.64. The first kappa shape index (κ1) is 15.0. The number of aliphatic hydroxyl groups is 1. The zero-order valence-corrected chi connectivity index (χ0v) is 13.1. The number of aliphatic hydroxyl groups excluding tert-OH is 1. The van der Waals surface area contributed by atoms with Gasteiger partial charge in [0.1, 0.15) is 5.75 Å². The van der Waals surface area contributed by atoms with Crippen molar-refractivity contribution in [1.82, 2.24) is 5.32 Å². The van der Waals surface area contributed by atoms with Crippen molar-refractivity contribution in [2.75, 3.05) is 13.7 Å². The molecule has 1 aromatic carbocycles. The van der Waals surface area contributed by atoms with Crippen LogP contribution in [0.3, 0.4) is 0 Å². The Hall–Kier alpha value is -0.100. The Balaban J connectivity index is 2.73. The van der Waals surface area contributed by atoms with Gasteiger partial charge in [-0.1, -0.05) is 6.92 Å². The number of rotatable bonds is 6. The molecule has 0 fully saturated rings. The molecule has 0 amide bonds. The van der Waals surface area contributed by atoms with Crippen molar-refractivity contribution in [3.63, 3.8) is 0 Å². The van der Waals surface area contributed by atoms with Gasteiger partial charge in [-0.05, 0) is 56.0 Å². The van der Waals surface area contributed by atoms with Crippen LogP contribution >= 0.6 is 31.9 Å². The van der Waals surface area contributed by atoms with Crippen LogP contribution < -0.4 is 10.1 Å². The molecule has 0 unspecified atom stereocenters. The molecule has 2 N–H and O–H groups in total. The maximum atomic E-state index is 9.09. The molecule has 3 nitrogen and oxygen atoms in total. The highest BCUT2D eigenvalue weighted by Crippen LogP contribution is 2.34. The van der Waals surface area contributed by atoms with E-state index in [2.05, 4.69) is 37.2 Å². The first-order chi connectivity index (χ1) is 8.12. The first-order valence-electron chi connectivity index (χ1n) is 5.48. The van der Waals surface area contributed by atoms with Crippen LogP contribution in [-0.4, -0.2) is 24.9 Å². The van der Waals surface area contributed by atoms with Gasteiger partial charge < -0.3 is 15.2 Å². The number of ether oxygens (including phenoxy) is 1. The van der Waals surface area contributed by atoms with Crippen LogP contribution in [0.15, 0.2) is 21.1 Å². The maximum Gasteiger partial charge on any atom is 0.147 e. The van der Waals surface area contributed by atoms with Gasteiger partial charge in [-0.15, -0.1) is 0 Å². The van der Waals surface area contributed by atoms with E-state index in [0.29, 0.717) is 0 Å². The van der Waals surface area contributed by atoms with Crippen molar-refractivity contribution < 1.29 is 9.84 Å². The molecule has 1 rings (SSSR count). The van der Waals surface area contributed by atoms with E-state index < -0.39 is 0 Å². The minimum Gasteiger partial charge on any atom is -0.494 e. The molecule has 0 radical (unpaired) electrons. The number of methoxy groups -OCH3 is 1. The van der Waals surface area contributed by atoms with Gasteiger partial charge in [-0.2, -0.15) is 0 Å². The van der Waals surface area contributed by atoms with E-state index in [-0.39, 0.29) is 12.6 Å². The molecule has 0 aliphatic heterocycles. The van der Waals surface area contributed by atoms with Crippen LogP contribution in [0.25, 0.3) is 0 Å². The quantitative estimate of drug-likeness (QED) is 0.812. The summed E-state index contributed by atoms with van der Waals surface area (Å²) in [6.45, 7) is 2.93. The Morgan fingerprint density at radius 1 is 1.35 bits per heavy atom. The molecule has 0 bridgehead atoms. The highest BCUT2D eigenvalue weighted by Gasteiger charge is 2.09. The standard InChI is InChI=1S/C12H17Br2NO2/c1-3-9(7-16)15-6-8-4-10(13)12(17-2)11(14)5-8/h4-5,9,15-16H,3,6-7H2,1-2H3/t9-/m1/s1. The normalized spacial score (nSPS) is 12.5. The van der Waals surface area contributed by atoms with Gasteiger partial charge in [0, 0.05) is 12.6 Å². The number of benzene rings is 1. The SMILES string of the molecule is CC[C@H](CO)NCc1cc(Br)c(OC)c(Br)c1. The molecule has 96 valence electrons. The van der Waals surface area contributed by atoms with Gasteiger partial charge in [-0.25, -0.2) is 0 Å². The Morgan fingerprint density at radius 3 is 2.35 bits per heavy atom. The maximum absolute atomic E-state index is 9.09. The zero-order valence-electron chi connectivity index (χ0n) is 9.96. The van der Waals surface area contributed by atoms with Gasteiger partial charge in [-0.3, -0.25) is 0 Å². The van der Waals surface area contributed by atoms with E-state index in [4.69, 9.17) is 9.84 Å². The van der Waals surface area contributed by atoms with Gasteiger partial charge in [0.05, 0.1) is 22.7 Å². The fraction of sp³-hybridized carbons (Fsp3) is 0.500. The number of halogens is 2. The fourth-order valence-corrected chi connectivity index (χ4v) is 3.11. The van der Waals surface area contributed by atoms with Crippen LogP contribution in [0.2, 0.25) is 0 Å². The van der Waals surface area contributed by atoms with E-state index in [9.17, 15) is 0 Å². The minimum atomic E-state index is 0.148. The predicted molar refractivity (Wildman–Crippen MR) is 76.4 cm³/mol. The van der Waals surface area contributed by atoms with Crippen molar-refractivity contribution in [1.29, 1.82) is 0 Å². The minimum absolute atomic E-state index is 0.148. The second-order valence-electron chi connectivity index (χ2n) is 3.76. The molecule has 0 aliphatic rings. The summed E-state index contributed by atoms with van der Waals surface area (Å²) in [6, 6.07) is 4.18. The van der Waals surface area contributed by atoms with Crippen molar-refractivity contribution >= 4 is 31.9 Å². The zero-order chi connectivity index (χ0) is 12.8. The van der Waals surface area contributed by atoms with Gasteiger partial charge in [0.25, 0.3) is 0 Å². The van der Waals surface area contributed by atoms with Crippen LogP contribution in [0.5, 0.6) is 5.75 Å². The third-order valence-electron chi connectivity index (χ3n) is 2.57. The summed E-state index contributed by atoms with van der Waals surface area (Å²) in [6.07, 6.45) is 0.912. The monoisotopic (exact) mass is 365 g/mol. The fourth-order valence-electron chi connectivity index (χ4n) is 1.51. The lowest BCUT2D eigenvalue weighted by Gasteiger charge is -2.15. The summed E-state index contributed by atoms with van der Waals surface area (Å²) in [5.74, 6) is 0.794. The summed E-state index contributed by atoms with van der Waals surface area (Å²) >= 11 is 6.93. The van der Waals surface area contributed by atoms with E-state index in [1.807, 2.05) is 19.1 Å². The molecule has 1 aromatic rings. The largest absolute Gasteiger partial charge is 0.494 e. The Bertz CT molecular complexity index is 345. The molecule has 5 heteroatoms. The predicted octanol–water partition coefficient (Wildman–Crippen LogP) is 3.08. The molecule has 0 spiro atoms. The van der Waals surface area contributed by atoms with Crippen molar-refractivity contribution in [3.05, 3.63) is 26.6 Å². The van der Waals surface area contributed by atoms with Gasteiger partial charge in [0.2, 0.25) is 0 Å². The van der Waals surface area contributed by atoms with Crippen molar-refractivity contribution in [3.8, 4) is 5.75 Å². The smallest absolute Gasteiger partial charge is 0.147 e. The average Bonchev–Trinajstić information content (AvgIpc) is 2.30. The van der Waals surface area contributed by atoms with Crippen molar-refractivity contribution in [2.45, 2.75) is 25.9 Å². The Labute approximate surface area is 119 Å². The highest BCUT2D eigenvalue weighted by molar-refractivity contribution is 9.11. The molecule has 17 heavy (non-hydrogen) atoms. The number of nitrogens with one attached hydrogen (secondary N) is 1. The molecule has 0 saturated heterocycles. The second-order valence-corrected chi connectivity index (χ2v) is 5.47. The van der Waals surface area contributed by atoms with Crippen LogP contribution in [-0.2, 0) is 6.54 Å². The van der Waals surface area contributed by atoms with Gasteiger partial charge >= 0.3 is 0 Å². The van der Waals surface area contributed by atoms with E-state index in [0.717, 1.165) is 33.2 Å². The Kier molecular flexibility index (Phi) is 6.48. The first-order valence-corrected chi connectivity index (χ1v) is 7.07. The lowest BCUT2D eigenvalue weighted by atomic mass is 10.2. The second kappa shape index (κ2) is 7.36. The Morgan fingerprint density at radius 2 is 1.94 bits per heavy atom. The number of hydrogen-bond acceptors (Lipinski definition) is 3. The highest BCUT2D eigenvalue weighted by atomic mass is 79.9. The third kappa shape index (κ3) is 4.25. The molecule has 0 aromatic heterocycles. The average molecular weight is 367 g/mol. The summed E-state index contributed by atoms with van der Waals surface area (Å²) < 4.78 is 7.08. The van der Waals surface area contributed by atoms with E-state index >= 15 is 0 Å². The summed E-state index contributed by atoms with van der Waals surface area (Å²) in [5.41, 5.74) is 1.14. The molecule has 1 atom stereocenters. The van der Waals surface area contributed by atoms with E-state index in [1.165, 1.54) is 0 Å². The van der Waals surface area contributed by atoms with Gasteiger partial charge in [0.15, 0.2) is 0 Å². The van der Waals surface area contributed by atoms with Crippen LogP contribution in [0, 0.1) is 0 Å². The number of hydrogen-bond donors (Lipinski definition) is 2. The van der Waals surface area contributed by atoms with E-state index in [1.54, 1.807) is 7.11 Å².